The molecule has 1 aliphatic heterocycles. The topological polar surface area (TPSA) is 44.4 Å². The highest BCUT2D eigenvalue weighted by molar-refractivity contribution is 5.18. The van der Waals surface area contributed by atoms with Crippen LogP contribution in [0.25, 0.3) is 0 Å². The zero-order valence-electron chi connectivity index (χ0n) is 14.0. The van der Waals surface area contributed by atoms with Gasteiger partial charge >= 0.3 is 0 Å². The summed E-state index contributed by atoms with van der Waals surface area (Å²) in [7, 11) is 1.80. The van der Waals surface area contributed by atoms with E-state index in [2.05, 4.69) is 51.0 Å². The van der Waals surface area contributed by atoms with Crippen LogP contribution >= 0.6 is 0 Å². The van der Waals surface area contributed by atoms with Gasteiger partial charge in [0.25, 0.3) is 0 Å². The fourth-order valence-corrected chi connectivity index (χ4v) is 3.36. The van der Waals surface area contributed by atoms with Crippen LogP contribution in [-0.4, -0.2) is 59.6 Å². The van der Waals surface area contributed by atoms with E-state index in [1.165, 1.54) is 5.56 Å². The van der Waals surface area contributed by atoms with Gasteiger partial charge in [0.05, 0.1) is 12.1 Å². The molecule has 23 heavy (non-hydrogen) atoms. The Morgan fingerprint density at radius 3 is 2.78 bits per heavy atom. The lowest BCUT2D eigenvalue weighted by Crippen LogP contribution is -2.49. The summed E-state index contributed by atoms with van der Waals surface area (Å²) >= 11 is 0. The lowest BCUT2D eigenvalue weighted by Gasteiger charge is -2.41. The van der Waals surface area contributed by atoms with Crippen LogP contribution in [0.1, 0.15) is 30.5 Å². The molecule has 0 bridgehead atoms. The number of hydrogen-bond acceptors (Lipinski definition) is 4. The molecule has 2 unspecified atom stereocenters. The molecule has 1 fully saturated rings. The fourth-order valence-electron chi connectivity index (χ4n) is 3.36. The quantitative estimate of drug-likeness (QED) is 0.890. The van der Waals surface area contributed by atoms with Crippen molar-refractivity contribution in [2.75, 3.05) is 39.8 Å². The maximum Gasteiger partial charge on any atom is 0.124 e. The number of nitrogens with one attached hydrogen (secondary N) is 1. The van der Waals surface area contributed by atoms with E-state index < -0.39 is 0 Å². The first kappa shape index (κ1) is 16.2. The van der Waals surface area contributed by atoms with Crippen molar-refractivity contribution in [1.82, 2.24) is 19.8 Å². The van der Waals surface area contributed by atoms with Gasteiger partial charge in [-0.3, -0.25) is 9.80 Å². The third-order valence-corrected chi connectivity index (χ3v) is 4.70. The molecular weight excluding hydrogens is 288 g/mol. The van der Waals surface area contributed by atoms with Crippen molar-refractivity contribution in [2.45, 2.75) is 19.1 Å². The van der Waals surface area contributed by atoms with E-state index in [0.717, 1.165) is 38.5 Å². The van der Waals surface area contributed by atoms with E-state index in [0.29, 0.717) is 6.04 Å². The standard InChI is InChI=1S/C18H26N4O/c1-3-22-12-11-21(13-16(22)18-19-9-10-20-18)14-17(23-2)15-7-5-4-6-8-15/h4-10,16-17H,3,11-14H2,1-2H3,(H,19,20). The van der Waals surface area contributed by atoms with Gasteiger partial charge in [0.15, 0.2) is 0 Å². The van der Waals surface area contributed by atoms with Crippen molar-refractivity contribution >= 4 is 0 Å². The van der Waals surface area contributed by atoms with Gasteiger partial charge in [0.2, 0.25) is 0 Å². The zero-order valence-corrected chi connectivity index (χ0v) is 14.0. The van der Waals surface area contributed by atoms with Crippen LogP contribution in [0.5, 0.6) is 0 Å². The predicted octanol–water partition coefficient (Wildman–Crippen LogP) is 2.48. The number of H-pyrrole nitrogens is 1. The molecule has 3 rings (SSSR count). The molecule has 2 aromatic rings. The largest absolute Gasteiger partial charge is 0.375 e. The van der Waals surface area contributed by atoms with Crippen LogP contribution in [0.2, 0.25) is 0 Å². The Bertz CT molecular complexity index is 570. The highest BCUT2D eigenvalue weighted by Gasteiger charge is 2.30. The predicted molar refractivity (Wildman–Crippen MR) is 91.2 cm³/mol. The summed E-state index contributed by atoms with van der Waals surface area (Å²) in [4.78, 5) is 12.7. The molecule has 1 aromatic heterocycles. The minimum absolute atomic E-state index is 0.113. The van der Waals surface area contributed by atoms with Gasteiger partial charge < -0.3 is 9.72 Å². The molecule has 1 saturated heterocycles. The Morgan fingerprint density at radius 1 is 1.30 bits per heavy atom. The molecule has 0 radical (unpaired) electrons. The smallest absolute Gasteiger partial charge is 0.124 e. The zero-order chi connectivity index (χ0) is 16.1. The van der Waals surface area contributed by atoms with Crippen LogP contribution in [0, 0.1) is 0 Å². The molecule has 5 heteroatoms. The van der Waals surface area contributed by atoms with Gasteiger partial charge in [-0.05, 0) is 12.1 Å². The molecule has 0 spiro atoms. The second-order valence-electron chi connectivity index (χ2n) is 6.01. The Morgan fingerprint density at radius 2 is 2.13 bits per heavy atom. The molecule has 124 valence electrons. The molecule has 1 N–H and O–H groups in total. The highest BCUT2D eigenvalue weighted by Crippen LogP contribution is 2.25. The molecule has 1 aliphatic rings. The van der Waals surface area contributed by atoms with Crippen LogP contribution < -0.4 is 0 Å². The van der Waals surface area contributed by atoms with Gasteiger partial charge in [0, 0.05) is 45.7 Å². The van der Waals surface area contributed by atoms with Gasteiger partial charge in [0.1, 0.15) is 5.82 Å². The van der Waals surface area contributed by atoms with Gasteiger partial charge in [-0.1, -0.05) is 37.3 Å². The number of rotatable bonds is 6. The number of methoxy groups -OCH3 is 1. The van der Waals surface area contributed by atoms with E-state index in [1.807, 2.05) is 18.5 Å². The van der Waals surface area contributed by atoms with E-state index >= 15 is 0 Å². The van der Waals surface area contributed by atoms with Crippen LogP contribution in [-0.2, 0) is 4.74 Å². The van der Waals surface area contributed by atoms with E-state index in [1.54, 1.807) is 7.11 Å². The summed E-state index contributed by atoms with van der Waals surface area (Å²) in [6.45, 7) is 7.29. The van der Waals surface area contributed by atoms with Crippen LogP contribution in [0.4, 0.5) is 0 Å². The molecule has 2 heterocycles. The van der Waals surface area contributed by atoms with Gasteiger partial charge in [-0.2, -0.15) is 0 Å². The monoisotopic (exact) mass is 314 g/mol. The van der Waals surface area contributed by atoms with Crippen molar-refractivity contribution in [1.29, 1.82) is 0 Å². The summed E-state index contributed by atoms with van der Waals surface area (Å²) in [6.07, 6.45) is 3.86. The summed E-state index contributed by atoms with van der Waals surface area (Å²) in [5.41, 5.74) is 1.24. The summed E-state index contributed by atoms with van der Waals surface area (Å²) < 4.78 is 5.74. The summed E-state index contributed by atoms with van der Waals surface area (Å²) in [6, 6.07) is 10.8. The number of aromatic amines is 1. The minimum atomic E-state index is 0.113. The average molecular weight is 314 g/mol. The van der Waals surface area contributed by atoms with Crippen LogP contribution in [0.3, 0.4) is 0 Å². The van der Waals surface area contributed by atoms with E-state index in [-0.39, 0.29) is 6.10 Å². The number of hydrogen-bond donors (Lipinski definition) is 1. The fraction of sp³-hybridized carbons (Fsp3) is 0.500. The third-order valence-electron chi connectivity index (χ3n) is 4.70. The molecular formula is C18H26N4O. The summed E-state index contributed by atoms with van der Waals surface area (Å²) in [5, 5.41) is 0. The molecule has 0 amide bonds. The number of ether oxygens (including phenoxy) is 1. The number of nitrogens with zero attached hydrogens (tertiary/aromatic N) is 3. The number of piperazine rings is 1. The maximum absolute atomic E-state index is 5.74. The second-order valence-corrected chi connectivity index (χ2v) is 6.01. The molecule has 0 saturated carbocycles. The van der Waals surface area contributed by atoms with Crippen molar-refractivity contribution < 1.29 is 4.74 Å². The summed E-state index contributed by atoms with van der Waals surface area (Å²) in [5.74, 6) is 1.06. The Kier molecular flexibility index (Phi) is 5.43. The van der Waals surface area contributed by atoms with Crippen molar-refractivity contribution in [3.8, 4) is 0 Å². The lowest BCUT2D eigenvalue weighted by molar-refractivity contribution is 0.0200. The second kappa shape index (κ2) is 7.73. The normalized spacial score (nSPS) is 21.4. The first-order valence-corrected chi connectivity index (χ1v) is 8.35. The molecule has 2 atom stereocenters. The van der Waals surface area contributed by atoms with Crippen molar-refractivity contribution in [2.24, 2.45) is 0 Å². The first-order chi connectivity index (χ1) is 11.3. The highest BCUT2D eigenvalue weighted by atomic mass is 16.5. The van der Waals surface area contributed by atoms with E-state index in [4.69, 9.17) is 4.74 Å². The third kappa shape index (κ3) is 3.80. The van der Waals surface area contributed by atoms with Gasteiger partial charge in [-0.25, -0.2) is 4.98 Å². The molecule has 5 nitrogen and oxygen atoms in total. The van der Waals surface area contributed by atoms with Crippen molar-refractivity contribution in [3.05, 3.63) is 54.1 Å². The SMILES string of the molecule is CCN1CCN(CC(OC)c2ccccc2)CC1c1ncc[nH]1. The van der Waals surface area contributed by atoms with Gasteiger partial charge in [-0.15, -0.1) is 0 Å². The number of likely N-dealkylation sites (N-methyl/N-ethyl adjacent to an activating group) is 1. The first-order valence-electron chi connectivity index (χ1n) is 8.35. The number of benzene rings is 1. The Hall–Kier alpha value is -1.69. The minimum Gasteiger partial charge on any atom is -0.375 e. The lowest BCUT2D eigenvalue weighted by atomic mass is 10.1. The number of imidazole rings is 1. The Labute approximate surface area is 138 Å². The van der Waals surface area contributed by atoms with Crippen LogP contribution in [0.15, 0.2) is 42.7 Å². The molecule has 0 aliphatic carbocycles. The average Bonchev–Trinajstić information content (AvgIpc) is 3.14. The maximum atomic E-state index is 5.74. The van der Waals surface area contributed by atoms with Crippen molar-refractivity contribution in [3.63, 3.8) is 0 Å². The molecule has 1 aromatic carbocycles. The Balaban J connectivity index is 1.69. The number of aromatic nitrogens is 2. The van der Waals surface area contributed by atoms with E-state index in [9.17, 15) is 0 Å².